The molecule has 2 heterocycles. The Morgan fingerprint density at radius 1 is 1.30 bits per heavy atom. The van der Waals surface area contributed by atoms with Crippen LogP contribution in [0.1, 0.15) is 19.0 Å². The third-order valence-corrected chi connectivity index (χ3v) is 3.57. The summed E-state index contributed by atoms with van der Waals surface area (Å²) >= 11 is 0. The lowest BCUT2D eigenvalue weighted by Crippen LogP contribution is -2.21. The number of amides is 1. The molecule has 20 heavy (non-hydrogen) atoms. The lowest BCUT2D eigenvalue weighted by Gasteiger charge is -2.23. The van der Waals surface area contributed by atoms with Crippen LogP contribution >= 0.6 is 0 Å². The van der Waals surface area contributed by atoms with Gasteiger partial charge in [0.2, 0.25) is 5.91 Å². The van der Waals surface area contributed by atoms with Crippen LogP contribution in [0.2, 0.25) is 0 Å². The molecule has 0 fully saturated rings. The Balaban J connectivity index is 2.15. The van der Waals surface area contributed by atoms with Gasteiger partial charge in [-0.1, -0.05) is 25.1 Å². The summed E-state index contributed by atoms with van der Waals surface area (Å²) in [5, 5.41) is 7.52. The van der Waals surface area contributed by atoms with Gasteiger partial charge in [0, 0.05) is 25.7 Å². The second-order valence-electron chi connectivity index (χ2n) is 4.91. The molecule has 2 aromatic rings. The van der Waals surface area contributed by atoms with Crippen molar-refractivity contribution in [2.45, 2.75) is 19.8 Å². The fourth-order valence-corrected chi connectivity index (χ4v) is 2.63. The number of rotatable bonds is 2. The van der Waals surface area contributed by atoms with Crippen LogP contribution in [0.15, 0.2) is 30.3 Å². The normalized spacial score (nSPS) is 14.7. The Bertz CT molecular complexity index is 633. The number of para-hydroxylation sites is 1. The predicted octanol–water partition coefficient (Wildman–Crippen LogP) is 2.46. The van der Waals surface area contributed by atoms with Crippen molar-refractivity contribution in [1.29, 1.82) is 0 Å². The second kappa shape index (κ2) is 5.00. The van der Waals surface area contributed by atoms with E-state index in [1.165, 1.54) is 0 Å². The van der Waals surface area contributed by atoms with Crippen LogP contribution in [-0.4, -0.2) is 22.2 Å². The highest BCUT2D eigenvalue weighted by Crippen LogP contribution is 2.36. The maximum absolute atomic E-state index is 11.9. The van der Waals surface area contributed by atoms with Gasteiger partial charge in [-0.25, -0.2) is 0 Å². The van der Waals surface area contributed by atoms with Gasteiger partial charge in [0.1, 0.15) is 5.69 Å². The number of nitrogens with zero attached hydrogens (tertiary/aromatic N) is 3. The second-order valence-corrected chi connectivity index (χ2v) is 4.91. The van der Waals surface area contributed by atoms with Gasteiger partial charge in [-0.15, -0.1) is 0 Å². The minimum atomic E-state index is 0.0485. The molecule has 1 aliphatic heterocycles. The first-order valence-electron chi connectivity index (χ1n) is 6.89. The Labute approximate surface area is 118 Å². The average molecular weight is 270 g/mol. The molecular weight excluding hydrogens is 252 g/mol. The van der Waals surface area contributed by atoms with Crippen LogP contribution < -0.4 is 10.2 Å². The first-order chi connectivity index (χ1) is 9.70. The molecule has 1 aliphatic rings. The third-order valence-electron chi connectivity index (χ3n) is 3.57. The standard InChI is InChI=1S/C15H18N4O/c1-3-12-14-15(18(2)17-12)19(10-9-13(20)16-14)11-7-5-4-6-8-11/h4-8H,3,9-10H2,1-2H3,(H,16,20). The van der Waals surface area contributed by atoms with Crippen molar-refractivity contribution < 1.29 is 4.79 Å². The third kappa shape index (κ3) is 2.05. The number of hydrogen-bond acceptors (Lipinski definition) is 3. The minimum absolute atomic E-state index is 0.0485. The quantitative estimate of drug-likeness (QED) is 0.912. The Morgan fingerprint density at radius 3 is 2.75 bits per heavy atom. The number of benzene rings is 1. The Hall–Kier alpha value is -2.30. The Kier molecular flexibility index (Phi) is 3.18. The summed E-state index contributed by atoms with van der Waals surface area (Å²) in [7, 11) is 1.92. The molecule has 0 saturated heterocycles. The molecular formula is C15H18N4O. The highest BCUT2D eigenvalue weighted by Gasteiger charge is 2.26. The van der Waals surface area contributed by atoms with E-state index in [9.17, 15) is 4.79 Å². The van der Waals surface area contributed by atoms with Gasteiger partial charge in [0.15, 0.2) is 5.82 Å². The van der Waals surface area contributed by atoms with E-state index in [0.717, 1.165) is 29.3 Å². The molecule has 104 valence electrons. The summed E-state index contributed by atoms with van der Waals surface area (Å²) in [6, 6.07) is 10.1. The van der Waals surface area contributed by atoms with Crippen LogP contribution in [0.4, 0.5) is 17.2 Å². The van der Waals surface area contributed by atoms with Gasteiger partial charge in [0.25, 0.3) is 0 Å². The molecule has 0 aliphatic carbocycles. The topological polar surface area (TPSA) is 50.2 Å². The predicted molar refractivity (Wildman–Crippen MR) is 79.3 cm³/mol. The number of hydrogen-bond donors (Lipinski definition) is 1. The number of fused-ring (bicyclic) bond motifs is 1. The maximum Gasteiger partial charge on any atom is 0.226 e. The van der Waals surface area contributed by atoms with E-state index in [-0.39, 0.29) is 5.91 Å². The molecule has 0 atom stereocenters. The Morgan fingerprint density at radius 2 is 2.05 bits per heavy atom. The zero-order valence-electron chi connectivity index (χ0n) is 11.8. The van der Waals surface area contributed by atoms with Gasteiger partial charge in [-0.05, 0) is 18.6 Å². The van der Waals surface area contributed by atoms with E-state index in [4.69, 9.17) is 0 Å². The van der Waals surface area contributed by atoms with E-state index in [2.05, 4.69) is 27.4 Å². The van der Waals surface area contributed by atoms with Crippen molar-refractivity contribution in [1.82, 2.24) is 9.78 Å². The molecule has 0 unspecified atom stereocenters. The van der Waals surface area contributed by atoms with Crippen LogP contribution in [-0.2, 0) is 18.3 Å². The largest absolute Gasteiger partial charge is 0.324 e. The van der Waals surface area contributed by atoms with E-state index in [1.54, 1.807) is 0 Å². The summed E-state index contributed by atoms with van der Waals surface area (Å²) in [5.74, 6) is 1.01. The molecule has 0 saturated carbocycles. The zero-order valence-corrected chi connectivity index (χ0v) is 11.8. The van der Waals surface area contributed by atoms with E-state index in [1.807, 2.05) is 36.9 Å². The first-order valence-corrected chi connectivity index (χ1v) is 6.89. The minimum Gasteiger partial charge on any atom is -0.324 e. The van der Waals surface area contributed by atoms with Crippen molar-refractivity contribution in [3.8, 4) is 0 Å². The summed E-state index contributed by atoms with van der Waals surface area (Å²) in [6.07, 6.45) is 1.28. The van der Waals surface area contributed by atoms with E-state index >= 15 is 0 Å². The van der Waals surface area contributed by atoms with E-state index in [0.29, 0.717) is 13.0 Å². The number of anilines is 3. The van der Waals surface area contributed by atoms with Crippen molar-refractivity contribution in [3.05, 3.63) is 36.0 Å². The first kappa shape index (κ1) is 12.7. The summed E-state index contributed by atoms with van der Waals surface area (Å²) in [4.78, 5) is 14.1. The van der Waals surface area contributed by atoms with Crippen LogP contribution in [0.5, 0.6) is 0 Å². The van der Waals surface area contributed by atoms with Crippen LogP contribution in [0.3, 0.4) is 0 Å². The fraction of sp³-hybridized carbons (Fsp3) is 0.333. The van der Waals surface area contributed by atoms with Crippen LogP contribution in [0, 0.1) is 0 Å². The van der Waals surface area contributed by atoms with Crippen molar-refractivity contribution in [3.63, 3.8) is 0 Å². The van der Waals surface area contributed by atoms with Gasteiger partial charge >= 0.3 is 0 Å². The zero-order chi connectivity index (χ0) is 14.1. The summed E-state index contributed by atoms with van der Waals surface area (Å²) in [5.41, 5.74) is 2.86. The van der Waals surface area contributed by atoms with Crippen LogP contribution in [0.25, 0.3) is 0 Å². The molecule has 5 nitrogen and oxygen atoms in total. The molecule has 5 heteroatoms. The average Bonchev–Trinajstić information content (AvgIpc) is 2.67. The highest BCUT2D eigenvalue weighted by molar-refractivity contribution is 5.97. The monoisotopic (exact) mass is 270 g/mol. The smallest absolute Gasteiger partial charge is 0.226 e. The number of carbonyl (C=O) groups excluding carboxylic acids is 1. The van der Waals surface area contributed by atoms with Gasteiger partial charge < -0.3 is 10.2 Å². The van der Waals surface area contributed by atoms with Crippen molar-refractivity contribution >= 4 is 23.1 Å². The molecule has 1 aromatic carbocycles. The van der Waals surface area contributed by atoms with Gasteiger partial charge in [-0.2, -0.15) is 5.10 Å². The lowest BCUT2D eigenvalue weighted by atomic mass is 10.2. The molecule has 1 amide bonds. The molecule has 0 spiro atoms. The summed E-state index contributed by atoms with van der Waals surface area (Å²) in [6.45, 7) is 2.71. The van der Waals surface area contributed by atoms with Gasteiger partial charge in [0.05, 0.1) is 5.69 Å². The van der Waals surface area contributed by atoms with E-state index < -0.39 is 0 Å². The molecule has 1 aromatic heterocycles. The lowest BCUT2D eigenvalue weighted by molar-refractivity contribution is -0.115. The van der Waals surface area contributed by atoms with Gasteiger partial charge in [-0.3, -0.25) is 9.48 Å². The molecule has 1 N–H and O–H groups in total. The molecule has 3 rings (SSSR count). The van der Waals surface area contributed by atoms with Crippen molar-refractivity contribution in [2.24, 2.45) is 7.05 Å². The fourth-order valence-electron chi connectivity index (χ4n) is 2.63. The molecule has 0 radical (unpaired) electrons. The molecule has 0 bridgehead atoms. The highest BCUT2D eigenvalue weighted by atomic mass is 16.1. The number of carbonyl (C=O) groups is 1. The summed E-state index contributed by atoms with van der Waals surface area (Å²) < 4.78 is 1.85. The maximum atomic E-state index is 11.9. The van der Waals surface area contributed by atoms with Crippen molar-refractivity contribution in [2.75, 3.05) is 16.8 Å². The SMILES string of the molecule is CCc1nn(C)c2c1NC(=O)CCN2c1ccccc1. The number of aromatic nitrogens is 2. The number of aryl methyl sites for hydroxylation is 2. The number of nitrogens with one attached hydrogen (secondary N) is 1.